The van der Waals surface area contributed by atoms with Crippen LogP contribution in [-0.2, 0) is 0 Å². The van der Waals surface area contributed by atoms with Crippen molar-refractivity contribution in [3.8, 4) is 79.0 Å². The molecule has 0 atom stereocenters. The normalized spacial score (nSPS) is 11.6. The lowest BCUT2D eigenvalue weighted by atomic mass is 9.88. The zero-order valence-electron chi connectivity index (χ0n) is 25.3. The van der Waals surface area contributed by atoms with Gasteiger partial charge in [-0.1, -0.05) is 152 Å². The Morgan fingerprint density at radius 2 is 0.809 bits per heavy atom. The van der Waals surface area contributed by atoms with Crippen molar-refractivity contribution in [2.75, 3.05) is 0 Å². The van der Waals surface area contributed by atoms with E-state index in [9.17, 15) is 0 Å². The van der Waals surface area contributed by atoms with Gasteiger partial charge in [0.25, 0.3) is 0 Å². The van der Waals surface area contributed by atoms with E-state index < -0.39 is 0 Å². The van der Waals surface area contributed by atoms with Gasteiger partial charge in [-0.3, -0.25) is 0 Å². The fourth-order valence-corrected chi connectivity index (χ4v) is 6.53. The first-order chi connectivity index (χ1) is 23.3. The first-order valence-electron chi connectivity index (χ1n) is 15.7. The molecule has 2 heterocycles. The van der Waals surface area contributed by atoms with Gasteiger partial charge in [0.15, 0.2) is 17.5 Å². The Kier molecular flexibility index (Phi) is 6.43. The quantitative estimate of drug-likeness (QED) is 0.201. The molecule has 0 N–H and O–H groups in total. The molecule has 1 aromatic heterocycles. The molecule has 1 aliphatic rings. The lowest BCUT2D eigenvalue weighted by Gasteiger charge is -2.23. The molecular weight excluding hydrogens is 574 g/mol. The van der Waals surface area contributed by atoms with Crippen LogP contribution < -0.4 is 4.74 Å². The van der Waals surface area contributed by atoms with Crippen molar-refractivity contribution in [1.29, 1.82) is 0 Å². The van der Waals surface area contributed by atoms with Crippen LogP contribution in [0, 0.1) is 0 Å². The molecule has 0 aliphatic carbocycles. The van der Waals surface area contributed by atoms with Crippen LogP contribution in [0.3, 0.4) is 0 Å². The molecule has 0 amide bonds. The summed E-state index contributed by atoms with van der Waals surface area (Å²) >= 11 is 0. The van der Waals surface area contributed by atoms with Crippen LogP contribution in [-0.4, -0.2) is 15.0 Å². The summed E-state index contributed by atoms with van der Waals surface area (Å²) in [6, 6.07) is 56.2. The third-order valence-corrected chi connectivity index (χ3v) is 8.73. The summed E-state index contributed by atoms with van der Waals surface area (Å²) in [5, 5.41) is 2.43. The second kappa shape index (κ2) is 11.2. The molecule has 7 aromatic carbocycles. The minimum absolute atomic E-state index is 0.614. The average molecular weight is 602 g/mol. The Morgan fingerprint density at radius 1 is 0.340 bits per heavy atom. The Morgan fingerprint density at radius 3 is 1.51 bits per heavy atom. The van der Waals surface area contributed by atoms with Crippen molar-refractivity contribution in [2.24, 2.45) is 0 Å². The number of para-hydroxylation sites is 2. The van der Waals surface area contributed by atoms with Crippen LogP contribution in [0.25, 0.3) is 78.3 Å². The van der Waals surface area contributed by atoms with Gasteiger partial charge in [0.2, 0.25) is 0 Å². The van der Waals surface area contributed by atoms with Gasteiger partial charge >= 0.3 is 0 Å². The predicted octanol–water partition coefficient (Wildman–Crippen LogP) is 11.1. The minimum Gasteiger partial charge on any atom is -0.455 e. The molecule has 9 rings (SSSR count). The van der Waals surface area contributed by atoms with Crippen LogP contribution in [0.5, 0.6) is 11.5 Å². The third-order valence-electron chi connectivity index (χ3n) is 8.73. The highest BCUT2D eigenvalue weighted by Gasteiger charge is 2.23. The summed E-state index contributed by atoms with van der Waals surface area (Å²) in [4.78, 5) is 14.8. The molecule has 0 spiro atoms. The number of benzene rings is 7. The lowest BCUT2D eigenvalue weighted by molar-refractivity contribution is 0.488. The lowest BCUT2D eigenvalue weighted by Crippen LogP contribution is -2.00. The number of hydrogen-bond donors (Lipinski definition) is 0. The second-order valence-corrected chi connectivity index (χ2v) is 11.6. The fourth-order valence-electron chi connectivity index (χ4n) is 6.53. The number of fused-ring (bicyclic) bond motifs is 4. The summed E-state index contributed by atoms with van der Waals surface area (Å²) in [6.45, 7) is 0. The molecule has 220 valence electrons. The highest BCUT2D eigenvalue weighted by molar-refractivity contribution is 6.09. The first kappa shape index (κ1) is 27.0. The van der Waals surface area contributed by atoms with Gasteiger partial charge in [-0.15, -0.1) is 0 Å². The van der Waals surface area contributed by atoms with E-state index in [1.807, 2.05) is 66.7 Å². The predicted molar refractivity (Wildman–Crippen MR) is 190 cm³/mol. The summed E-state index contributed by atoms with van der Waals surface area (Å²) in [7, 11) is 0. The maximum absolute atomic E-state index is 6.91. The molecular formula is C43H27N3O. The molecule has 4 heteroatoms. The van der Waals surface area contributed by atoms with Crippen LogP contribution in [0.15, 0.2) is 164 Å². The van der Waals surface area contributed by atoms with E-state index in [2.05, 4.69) is 97.1 Å². The Hall–Kier alpha value is -6.39. The molecule has 0 unspecified atom stereocenters. The zero-order chi connectivity index (χ0) is 31.2. The van der Waals surface area contributed by atoms with E-state index in [-0.39, 0.29) is 0 Å². The number of nitrogens with zero attached hydrogens (tertiary/aromatic N) is 3. The number of rotatable bonds is 4. The van der Waals surface area contributed by atoms with Gasteiger partial charge in [-0.25, -0.2) is 15.0 Å². The average Bonchev–Trinajstić information content (AvgIpc) is 3.15. The maximum Gasteiger partial charge on any atom is 0.164 e. The number of ether oxygens (including phenoxy) is 1. The van der Waals surface area contributed by atoms with Crippen LogP contribution in [0.4, 0.5) is 0 Å². The van der Waals surface area contributed by atoms with Crippen molar-refractivity contribution < 1.29 is 4.74 Å². The van der Waals surface area contributed by atoms with Crippen molar-refractivity contribution in [3.05, 3.63) is 164 Å². The van der Waals surface area contributed by atoms with Crippen LogP contribution in [0.2, 0.25) is 0 Å². The molecule has 0 fully saturated rings. The molecule has 0 saturated carbocycles. The molecule has 1 aliphatic heterocycles. The van der Waals surface area contributed by atoms with Crippen molar-refractivity contribution >= 4 is 10.8 Å². The van der Waals surface area contributed by atoms with E-state index in [0.717, 1.165) is 56.0 Å². The van der Waals surface area contributed by atoms with E-state index in [1.54, 1.807) is 0 Å². The molecule has 0 saturated heterocycles. The topological polar surface area (TPSA) is 47.9 Å². The Bertz CT molecular complexity index is 2370. The van der Waals surface area contributed by atoms with Crippen molar-refractivity contribution in [2.45, 2.75) is 0 Å². The maximum atomic E-state index is 6.91. The first-order valence-corrected chi connectivity index (χ1v) is 15.7. The van der Waals surface area contributed by atoms with E-state index in [0.29, 0.717) is 17.5 Å². The van der Waals surface area contributed by atoms with Gasteiger partial charge in [-0.2, -0.15) is 0 Å². The molecule has 0 bridgehead atoms. The van der Waals surface area contributed by atoms with Crippen LogP contribution >= 0.6 is 0 Å². The zero-order valence-corrected chi connectivity index (χ0v) is 25.3. The highest BCUT2D eigenvalue weighted by Crippen LogP contribution is 2.50. The Balaban J connectivity index is 1.24. The Labute approximate surface area is 272 Å². The number of aromatic nitrogens is 3. The van der Waals surface area contributed by atoms with Gasteiger partial charge in [0.1, 0.15) is 11.5 Å². The smallest absolute Gasteiger partial charge is 0.164 e. The molecule has 47 heavy (non-hydrogen) atoms. The summed E-state index contributed by atoms with van der Waals surface area (Å²) in [5.41, 5.74) is 9.24. The largest absolute Gasteiger partial charge is 0.455 e. The van der Waals surface area contributed by atoms with Gasteiger partial charge in [0, 0.05) is 33.4 Å². The van der Waals surface area contributed by atoms with E-state index >= 15 is 0 Å². The van der Waals surface area contributed by atoms with Crippen molar-refractivity contribution in [1.82, 2.24) is 15.0 Å². The van der Waals surface area contributed by atoms with Gasteiger partial charge in [0.05, 0.1) is 0 Å². The van der Waals surface area contributed by atoms with Crippen LogP contribution in [0.1, 0.15) is 0 Å². The molecule has 0 radical (unpaired) electrons. The second-order valence-electron chi connectivity index (χ2n) is 11.6. The van der Waals surface area contributed by atoms with E-state index in [4.69, 9.17) is 19.7 Å². The van der Waals surface area contributed by atoms with Gasteiger partial charge < -0.3 is 4.74 Å². The summed E-state index contributed by atoms with van der Waals surface area (Å²) in [5.74, 6) is 3.54. The highest BCUT2D eigenvalue weighted by atomic mass is 16.5. The van der Waals surface area contributed by atoms with E-state index in [1.165, 1.54) is 16.3 Å². The fraction of sp³-hybridized carbons (Fsp3) is 0. The van der Waals surface area contributed by atoms with Crippen molar-refractivity contribution in [3.63, 3.8) is 0 Å². The standard InChI is InChI=1S/C43H27N3O/c1-3-13-29(14-4-1)41-44-42(30-15-5-2-6-16-30)46-43(45-41)32-20-9-19-31(27-32)33-22-12-25-37-36-24-11-18-28-17-10-23-35(39(28)36)34-21-7-8-26-38(34)47-40(33)37/h1-27H. The van der Waals surface area contributed by atoms with Gasteiger partial charge in [-0.05, 0) is 39.6 Å². The summed E-state index contributed by atoms with van der Waals surface area (Å²) < 4.78 is 6.91. The molecule has 4 nitrogen and oxygen atoms in total. The summed E-state index contributed by atoms with van der Waals surface area (Å²) in [6.07, 6.45) is 0. The molecule has 8 aromatic rings. The third kappa shape index (κ3) is 4.75. The minimum atomic E-state index is 0.614. The monoisotopic (exact) mass is 601 g/mol. The number of hydrogen-bond acceptors (Lipinski definition) is 4. The SMILES string of the molecule is c1ccc(-c2nc(-c3ccccc3)nc(-c3cccc(-c4cccc5c4Oc4ccccc4-c4cccc6cccc-5c46)c3)n2)cc1.